The lowest BCUT2D eigenvalue weighted by Gasteiger charge is -2.35. The zero-order valence-electron chi connectivity index (χ0n) is 15.0. The Morgan fingerprint density at radius 1 is 0.923 bits per heavy atom. The molecular formula is C21H23FN2O2. The first kappa shape index (κ1) is 18.1. The molecule has 1 fully saturated rings. The molecule has 0 aliphatic carbocycles. The van der Waals surface area contributed by atoms with Crippen molar-refractivity contribution in [2.45, 2.75) is 19.8 Å². The Morgan fingerprint density at radius 2 is 1.54 bits per heavy atom. The van der Waals surface area contributed by atoms with Gasteiger partial charge in [0.2, 0.25) is 5.91 Å². The summed E-state index contributed by atoms with van der Waals surface area (Å²) in [5, 5.41) is 0. The topological polar surface area (TPSA) is 40.6 Å². The monoisotopic (exact) mass is 354 g/mol. The molecule has 0 N–H and O–H groups in total. The zero-order chi connectivity index (χ0) is 18.5. The second-order valence-corrected chi connectivity index (χ2v) is 6.49. The van der Waals surface area contributed by atoms with Crippen molar-refractivity contribution < 1.29 is 14.0 Å². The van der Waals surface area contributed by atoms with Gasteiger partial charge in [0.15, 0.2) is 0 Å². The summed E-state index contributed by atoms with van der Waals surface area (Å²) < 4.78 is 13.7. The lowest BCUT2D eigenvalue weighted by atomic mass is 10.1. The van der Waals surface area contributed by atoms with Crippen molar-refractivity contribution in [2.75, 3.05) is 26.2 Å². The van der Waals surface area contributed by atoms with Crippen LogP contribution in [-0.4, -0.2) is 47.8 Å². The maximum absolute atomic E-state index is 13.7. The third-order valence-corrected chi connectivity index (χ3v) is 4.83. The van der Waals surface area contributed by atoms with Gasteiger partial charge in [-0.15, -0.1) is 0 Å². The molecule has 1 aliphatic heterocycles. The number of hydrogen-bond donors (Lipinski definition) is 0. The first-order valence-electron chi connectivity index (χ1n) is 8.98. The fourth-order valence-corrected chi connectivity index (χ4v) is 3.14. The Labute approximate surface area is 153 Å². The molecule has 26 heavy (non-hydrogen) atoms. The van der Waals surface area contributed by atoms with E-state index in [0.717, 1.165) is 6.42 Å². The molecule has 2 aromatic carbocycles. The first-order valence-corrected chi connectivity index (χ1v) is 8.98. The average Bonchev–Trinajstić information content (AvgIpc) is 2.69. The van der Waals surface area contributed by atoms with E-state index in [1.54, 1.807) is 28.0 Å². The summed E-state index contributed by atoms with van der Waals surface area (Å²) >= 11 is 0. The van der Waals surface area contributed by atoms with Gasteiger partial charge in [-0.1, -0.05) is 37.3 Å². The summed E-state index contributed by atoms with van der Waals surface area (Å²) in [7, 11) is 0. The van der Waals surface area contributed by atoms with Crippen molar-refractivity contribution in [1.82, 2.24) is 9.80 Å². The predicted molar refractivity (Wildman–Crippen MR) is 98.4 cm³/mol. The van der Waals surface area contributed by atoms with Crippen LogP contribution in [0.1, 0.15) is 28.4 Å². The number of benzene rings is 2. The number of halogens is 1. The maximum atomic E-state index is 13.7. The number of carbonyl (C=O) groups excluding carboxylic acids is 2. The van der Waals surface area contributed by atoms with E-state index >= 15 is 0 Å². The number of carbonyl (C=O) groups is 2. The lowest BCUT2D eigenvalue weighted by Crippen LogP contribution is -2.51. The van der Waals surface area contributed by atoms with Crippen molar-refractivity contribution in [1.29, 1.82) is 0 Å². The van der Waals surface area contributed by atoms with Crippen LogP contribution in [0.3, 0.4) is 0 Å². The molecule has 0 spiro atoms. The van der Waals surface area contributed by atoms with Crippen molar-refractivity contribution >= 4 is 11.8 Å². The summed E-state index contributed by atoms with van der Waals surface area (Å²) in [6.07, 6.45) is 0.996. The molecule has 1 heterocycles. The van der Waals surface area contributed by atoms with Crippen molar-refractivity contribution in [3.8, 4) is 0 Å². The largest absolute Gasteiger partial charge is 0.339 e. The molecule has 5 heteroatoms. The zero-order valence-corrected chi connectivity index (χ0v) is 15.0. The lowest BCUT2D eigenvalue weighted by molar-refractivity contribution is -0.132. The minimum absolute atomic E-state index is 0.00569. The fraction of sp³-hybridized carbons (Fsp3) is 0.333. The highest BCUT2D eigenvalue weighted by Crippen LogP contribution is 2.13. The molecular weight excluding hydrogens is 331 g/mol. The smallest absolute Gasteiger partial charge is 0.253 e. The quantitative estimate of drug-likeness (QED) is 0.847. The van der Waals surface area contributed by atoms with Gasteiger partial charge in [-0.3, -0.25) is 9.59 Å². The number of amides is 2. The van der Waals surface area contributed by atoms with Gasteiger partial charge in [-0.2, -0.15) is 0 Å². The Kier molecular flexibility index (Phi) is 5.66. The minimum Gasteiger partial charge on any atom is -0.339 e. The van der Waals surface area contributed by atoms with Crippen LogP contribution < -0.4 is 0 Å². The second-order valence-electron chi connectivity index (χ2n) is 6.49. The summed E-state index contributed by atoms with van der Waals surface area (Å²) in [6.45, 7) is 4.03. The van der Waals surface area contributed by atoms with Gasteiger partial charge in [0, 0.05) is 31.7 Å². The highest BCUT2D eigenvalue weighted by Gasteiger charge is 2.25. The molecule has 2 amide bonds. The molecule has 0 atom stereocenters. The van der Waals surface area contributed by atoms with Crippen molar-refractivity contribution in [3.63, 3.8) is 0 Å². The summed E-state index contributed by atoms with van der Waals surface area (Å²) in [5.74, 6) is -0.464. The molecule has 0 bridgehead atoms. The van der Waals surface area contributed by atoms with Gasteiger partial charge in [0.05, 0.1) is 6.42 Å². The molecule has 1 aliphatic rings. The van der Waals surface area contributed by atoms with Crippen LogP contribution in [0.15, 0.2) is 48.5 Å². The Morgan fingerprint density at radius 3 is 2.15 bits per heavy atom. The van der Waals surface area contributed by atoms with Gasteiger partial charge in [-0.05, 0) is 35.7 Å². The van der Waals surface area contributed by atoms with Crippen molar-refractivity contribution in [2.24, 2.45) is 0 Å². The molecule has 0 radical (unpaired) electrons. The van der Waals surface area contributed by atoms with Gasteiger partial charge in [-0.25, -0.2) is 4.39 Å². The number of piperazine rings is 1. The maximum Gasteiger partial charge on any atom is 0.253 e. The van der Waals surface area contributed by atoms with Crippen LogP contribution in [-0.2, 0) is 17.6 Å². The van der Waals surface area contributed by atoms with E-state index in [1.807, 2.05) is 24.3 Å². The van der Waals surface area contributed by atoms with E-state index in [0.29, 0.717) is 37.3 Å². The Balaban J connectivity index is 1.55. The number of hydrogen-bond acceptors (Lipinski definition) is 2. The van der Waals surface area contributed by atoms with E-state index in [1.165, 1.54) is 11.6 Å². The van der Waals surface area contributed by atoms with E-state index in [-0.39, 0.29) is 24.1 Å². The highest BCUT2D eigenvalue weighted by atomic mass is 19.1. The molecule has 0 saturated carbocycles. The normalized spacial score (nSPS) is 14.4. The van der Waals surface area contributed by atoms with E-state index in [9.17, 15) is 14.0 Å². The molecule has 3 rings (SSSR count). The van der Waals surface area contributed by atoms with Crippen LogP contribution in [0.2, 0.25) is 0 Å². The van der Waals surface area contributed by atoms with Crippen molar-refractivity contribution in [3.05, 3.63) is 71.0 Å². The third-order valence-electron chi connectivity index (χ3n) is 4.83. The number of rotatable bonds is 4. The molecule has 4 nitrogen and oxygen atoms in total. The fourth-order valence-electron chi connectivity index (χ4n) is 3.14. The van der Waals surface area contributed by atoms with Gasteiger partial charge < -0.3 is 9.80 Å². The van der Waals surface area contributed by atoms with E-state index in [4.69, 9.17) is 0 Å². The summed E-state index contributed by atoms with van der Waals surface area (Å²) in [5.41, 5.74) is 2.28. The van der Waals surface area contributed by atoms with Crippen LogP contribution in [0.5, 0.6) is 0 Å². The standard InChI is InChI=1S/C21H23FN2O2/c1-2-16-7-9-17(10-8-16)21(26)24-13-11-23(12-14-24)20(25)15-18-5-3-4-6-19(18)22/h3-10H,2,11-15H2,1H3. The summed E-state index contributed by atoms with van der Waals surface area (Å²) in [6, 6.07) is 14.0. The Bertz CT molecular complexity index is 781. The molecule has 0 aromatic heterocycles. The van der Waals surface area contributed by atoms with Gasteiger partial charge in [0.25, 0.3) is 5.91 Å². The minimum atomic E-state index is -0.356. The molecule has 136 valence electrons. The summed E-state index contributed by atoms with van der Waals surface area (Å²) in [4.78, 5) is 28.5. The van der Waals surface area contributed by atoms with Crippen LogP contribution in [0, 0.1) is 5.82 Å². The van der Waals surface area contributed by atoms with Gasteiger partial charge in [0.1, 0.15) is 5.82 Å². The average molecular weight is 354 g/mol. The van der Waals surface area contributed by atoms with Crippen LogP contribution in [0.25, 0.3) is 0 Å². The molecule has 0 unspecified atom stereocenters. The van der Waals surface area contributed by atoms with Crippen LogP contribution >= 0.6 is 0 Å². The number of nitrogens with zero attached hydrogens (tertiary/aromatic N) is 2. The van der Waals surface area contributed by atoms with Gasteiger partial charge >= 0.3 is 0 Å². The second kappa shape index (κ2) is 8.13. The Hall–Kier alpha value is -2.69. The van der Waals surface area contributed by atoms with E-state index < -0.39 is 0 Å². The molecule has 1 saturated heterocycles. The first-order chi connectivity index (χ1) is 12.6. The third kappa shape index (κ3) is 4.10. The number of aryl methyl sites for hydroxylation is 1. The highest BCUT2D eigenvalue weighted by molar-refractivity contribution is 5.94. The SMILES string of the molecule is CCc1ccc(C(=O)N2CCN(C(=O)Cc3ccccc3F)CC2)cc1. The molecule has 2 aromatic rings. The van der Waals surface area contributed by atoms with E-state index in [2.05, 4.69) is 6.92 Å². The van der Waals surface area contributed by atoms with Crippen LogP contribution in [0.4, 0.5) is 4.39 Å². The predicted octanol–water partition coefficient (Wildman–Crippen LogP) is 2.92.